The first kappa shape index (κ1) is 19.1. The van der Waals surface area contributed by atoms with Crippen LogP contribution in [-0.2, 0) is 12.8 Å². The van der Waals surface area contributed by atoms with Crippen LogP contribution in [0.2, 0.25) is 0 Å². The van der Waals surface area contributed by atoms with Gasteiger partial charge in [-0.1, -0.05) is 32.9 Å². The van der Waals surface area contributed by atoms with Gasteiger partial charge in [0.1, 0.15) is 5.00 Å². The first-order chi connectivity index (χ1) is 12.2. The highest BCUT2D eigenvalue weighted by atomic mass is 79.9. The van der Waals surface area contributed by atoms with Gasteiger partial charge in [0.25, 0.3) is 5.91 Å². The molecule has 6 heteroatoms. The number of hydrogen-bond acceptors (Lipinski definition) is 3. The number of carboxylic acids is 1. The smallest absolute Gasteiger partial charge is 0.339 e. The average molecular weight is 436 g/mol. The minimum Gasteiger partial charge on any atom is -0.478 e. The number of fused-ring (bicyclic) bond motifs is 1. The highest BCUT2D eigenvalue weighted by Gasteiger charge is 2.34. The molecule has 1 atom stereocenters. The van der Waals surface area contributed by atoms with Gasteiger partial charge in [0, 0.05) is 9.35 Å². The zero-order valence-corrected chi connectivity index (χ0v) is 17.5. The summed E-state index contributed by atoms with van der Waals surface area (Å²) in [4.78, 5) is 25.6. The Labute approximate surface area is 165 Å². The third-order valence-corrected chi connectivity index (χ3v) is 6.91. The maximum Gasteiger partial charge on any atom is 0.339 e. The van der Waals surface area contributed by atoms with Crippen LogP contribution in [0.3, 0.4) is 0 Å². The molecule has 1 aromatic carbocycles. The van der Waals surface area contributed by atoms with E-state index in [0.717, 1.165) is 29.7 Å². The number of anilines is 1. The Morgan fingerprint density at radius 2 is 1.96 bits per heavy atom. The van der Waals surface area contributed by atoms with Crippen LogP contribution in [0.5, 0.6) is 0 Å². The molecule has 0 radical (unpaired) electrons. The van der Waals surface area contributed by atoms with Crippen molar-refractivity contribution < 1.29 is 14.7 Å². The van der Waals surface area contributed by atoms with Crippen LogP contribution in [0, 0.1) is 11.3 Å². The second-order valence-electron chi connectivity index (χ2n) is 7.75. The Morgan fingerprint density at radius 3 is 2.58 bits per heavy atom. The summed E-state index contributed by atoms with van der Waals surface area (Å²) < 4.78 is 0.684. The Kier molecular flexibility index (Phi) is 5.26. The zero-order chi connectivity index (χ0) is 19.1. The van der Waals surface area contributed by atoms with E-state index in [1.807, 2.05) is 6.07 Å². The molecular weight excluding hydrogens is 414 g/mol. The van der Waals surface area contributed by atoms with E-state index >= 15 is 0 Å². The van der Waals surface area contributed by atoms with E-state index in [9.17, 15) is 14.7 Å². The summed E-state index contributed by atoms with van der Waals surface area (Å²) in [6.45, 7) is 6.68. The quantitative estimate of drug-likeness (QED) is 0.657. The Balaban J connectivity index is 1.94. The number of benzene rings is 1. The van der Waals surface area contributed by atoms with E-state index in [-0.39, 0.29) is 16.9 Å². The van der Waals surface area contributed by atoms with E-state index in [0.29, 0.717) is 21.0 Å². The first-order valence-corrected chi connectivity index (χ1v) is 10.2. The highest BCUT2D eigenvalue weighted by molar-refractivity contribution is 9.10. The van der Waals surface area contributed by atoms with Crippen molar-refractivity contribution in [3.63, 3.8) is 0 Å². The van der Waals surface area contributed by atoms with Crippen molar-refractivity contribution in [2.75, 3.05) is 5.32 Å². The summed E-state index contributed by atoms with van der Waals surface area (Å²) in [6.07, 6.45) is 2.60. The molecule has 0 aliphatic heterocycles. The van der Waals surface area contributed by atoms with Gasteiger partial charge in [-0.2, -0.15) is 0 Å². The van der Waals surface area contributed by atoms with Gasteiger partial charge in [0.05, 0.1) is 11.1 Å². The zero-order valence-electron chi connectivity index (χ0n) is 15.1. The number of nitrogens with one attached hydrogen (secondary N) is 1. The molecule has 1 heterocycles. The number of thiophene rings is 1. The molecule has 0 bridgehead atoms. The minimum atomic E-state index is -0.973. The fourth-order valence-electron chi connectivity index (χ4n) is 3.46. The van der Waals surface area contributed by atoms with Crippen molar-refractivity contribution in [1.29, 1.82) is 0 Å². The van der Waals surface area contributed by atoms with Crippen molar-refractivity contribution in [3.05, 3.63) is 50.3 Å². The SMILES string of the molecule is CC(C)(C)C1CCc2c(sc(NC(=O)c3ccccc3Br)c2C(=O)O)C1. The predicted molar refractivity (Wildman–Crippen MR) is 108 cm³/mol. The summed E-state index contributed by atoms with van der Waals surface area (Å²) in [5.41, 5.74) is 1.83. The number of halogens is 1. The van der Waals surface area contributed by atoms with Crippen LogP contribution < -0.4 is 5.32 Å². The van der Waals surface area contributed by atoms with Gasteiger partial charge in [-0.25, -0.2) is 4.79 Å². The lowest BCUT2D eigenvalue weighted by molar-refractivity contribution is 0.0696. The molecule has 3 rings (SSSR count). The molecule has 1 aliphatic rings. The topological polar surface area (TPSA) is 66.4 Å². The van der Waals surface area contributed by atoms with Gasteiger partial charge in [0.2, 0.25) is 0 Å². The lowest BCUT2D eigenvalue weighted by Crippen LogP contribution is -2.26. The molecule has 26 heavy (non-hydrogen) atoms. The normalized spacial score (nSPS) is 16.8. The van der Waals surface area contributed by atoms with Crippen molar-refractivity contribution >= 4 is 44.1 Å². The number of rotatable bonds is 3. The van der Waals surface area contributed by atoms with E-state index in [1.165, 1.54) is 11.3 Å². The van der Waals surface area contributed by atoms with Crippen molar-refractivity contribution in [3.8, 4) is 0 Å². The molecule has 138 valence electrons. The molecule has 1 amide bonds. The minimum absolute atomic E-state index is 0.184. The molecule has 0 saturated heterocycles. The molecule has 1 unspecified atom stereocenters. The Hall–Kier alpha value is -1.66. The Morgan fingerprint density at radius 1 is 1.27 bits per heavy atom. The molecule has 1 aliphatic carbocycles. The van der Waals surface area contributed by atoms with Gasteiger partial charge in [-0.3, -0.25) is 4.79 Å². The van der Waals surface area contributed by atoms with Gasteiger partial charge >= 0.3 is 5.97 Å². The van der Waals surface area contributed by atoms with Gasteiger partial charge in [0.15, 0.2) is 0 Å². The number of carbonyl (C=O) groups is 2. The third-order valence-electron chi connectivity index (χ3n) is 5.05. The van der Waals surface area contributed by atoms with E-state index in [1.54, 1.807) is 18.2 Å². The molecule has 0 spiro atoms. The summed E-state index contributed by atoms with van der Waals surface area (Å²) in [5, 5.41) is 13.0. The largest absolute Gasteiger partial charge is 0.478 e. The van der Waals surface area contributed by atoms with Crippen LogP contribution in [0.15, 0.2) is 28.7 Å². The molecule has 4 nitrogen and oxygen atoms in total. The number of carboxylic acid groups (broad SMARTS) is 1. The van der Waals surface area contributed by atoms with Crippen LogP contribution in [0.1, 0.15) is 58.3 Å². The number of amides is 1. The molecule has 0 fully saturated rings. The second kappa shape index (κ2) is 7.16. The van der Waals surface area contributed by atoms with E-state index in [2.05, 4.69) is 42.0 Å². The maximum absolute atomic E-state index is 12.6. The van der Waals surface area contributed by atoms with E-state index < -0.39 is 5.97 Å². The maximum atomic E-state index is 12.6. The summed E-state index contributed by atoms with van der Waals surface area (Å²) in [6, 6.07) is 7.12. The fraction of sp³-hybridized carbons (Fsp3) is 0.400. The van der Waals surface area contributed by atoms with Crippen molar-refractivity contribution in [2.45, 2.75) is 40.0 Å². The standard InChI is InChI=1S/C20H22BrNO3S/c1-20(2,3)11-8-9-13-15(10-11)26-18(16(13)19(24)25)22-17(23)12-6-4-5-7-14(12)21/h4-7,11H,8-10H2,1-3H3,(H,22,23)(H,24,25). The first-order valence-electron chi connectivity index (χ1n) is 8.62. The summed E-state index contributed by atoms with van der Waals surface area (Å²) >= 11 is 4.78. The van der Waals surface area contributed by atoms with Crippen LogP contribution >= 0.6 is 27.3 Å². The molecule has 1 aromatic heterocycles. The van der Waals surface area contributed by atoms with Crippen LogP contribution in [-0.4, -0.2) is 17.0 Å². The average Bonchev–Trinajstić information content (AvgIpc) is 2.91. The number of carbonyl (C=O) groups excluding carboxylic acids is 1. The molecule has 0 saturated carbocycles. The second-order valence-corrected chi connectivity index (χ2v) is 9.71. The van der Waals surface area contributed by atoms with Crippen molar-refractivity contribution in [2.24, 2.45) is 11.3 Å². The lowest BCUT2D eigenvalue weighted by atomic mass is 9.72. The van der Waals surface area contributed by atoms with E-state index in [4.69, 9.17) is 0 Å². The number of aromatic carboxylic acids is 1. The van der Waals surface area contributed by atoms with Crippen LogP contribution in [0.25, 0.3) is 0 Å². The summed E-state index contributed by atoms with van der Waals surface area (Å²) in [7, 11) is 0. The van der Waals surface area contributed by atoms with Gasteiger partial charge in [-0.15, -0.1) is 11.3 Å². The summed E-state index contributed by atoms with van der Waals surface area (Å²) in [5.74, 6) is -0.757. The number of hydrogen-bond donors (Lipinski definition) is 2. The predicted octanol–water partition coefficient (Wildman–Crippen LogP) is 5.61. The molecular formula is C20H22BrNO3S. The fourth-order valence-corrected chi connectivity index (χ4v) is 5.23. The van der Waals surface area contributed by atoms with Crippen molar-refractivity contribution in [1.82, 2.24) is 0 Å². The van der Waals surface area contributed by atoms with Gasteiger partial charge in [-0.05, 0) is 64.2 Å². The van der Waals surface area contributed by atoms with Gasteiger partial charge < -0.3 is 10.4 Å². The lowest BCUT2D eigenvalue weighted by Gasteiger charge is -2.33. The monoisotopic (exact) mass is 435 g/mol. The Bertz CT molecular complexity index is 866. The van der Waals surface area contributed by atoms with Crippen LogP contribution in [0.4, 0.5) is 5.00 Å². The molecule has 2 N–H and O–H groups in total. The third kappa shape index (κ3) is 3.71. The highest BCUT2D eigenvalue weighted by Crippen LogP contribution is 2.44. The molecule has 2 aromatic rings.